The number of hydrogen-bond donors (Lipinski definition) is 0. The van der Waals surface area contributed by atoms with Crippen LogP contribution in [0.5, 0.6) is 0 Å². The average molecular weight is 161 g/mol. The fraction of sp³-hybridized carbons (Fsp3) is 0.143. The van der Waals surface area contributed by atoms with Crippen molar-refractivity contribution in [1.82, 2.24) is 0 Å². The van der Waals surface area contributed by atoms with E-state index in [1.54, 1.807) is 0 Å². The molecule has 4 heteroatoms. The summed E-state index contributed by atoms with van der Waals surface area (Å²) in [5.74, 6) is -3.27. The van der Waals surface area contributed by atoms with Crippen molar-refractivity contribution in [3.05, 3.63) is 35.1 Å². The second-order valence-electron chi connectivity index (χ2n) is 1.99. The van der Waals surface area contributed by atoms with Gasteiger partial charge in [0.2, 0.25) is 0 Å². The first-order valence-electron chi connectivity index (χ1n) is 2.86. The van der Waals surface area contributed by atoms with Crippen LogP contribution in [0.25, 0.3) is 0 Å². The molecular weight excluding hydrogens is 157 g/mol. The molecule has 0 N–H and O–H groups in total. The Labute approximate surface area is 61.1 Å². The maximum absolute atomic E-state index is 12.4. The van der Waals surface area contributed by atoms with Crippen LogP contribution in [-0.2, 0) is 11.7 Å². The summed E-state index contributed by atoms with van der Waals surface area (Å²) in [6.45, 7) is -1.02. The van der Waals surface area contributed by atoms with Crippen molar-refractivity contribution in [3.8, 4) is 0 Å². The van der Waals surface area contributed by atoms with Gasteiger partial charge in [-0.1, -0.05) is 0 Å². The fourth-order valence-corrected chi connectivity index (χ4v) is 0.710. The maximum Gasteiger partial charge on any atom is 0.134 e. The van der Waals surface area contributed by atoms with Crippen LogP contribution in [0.2, 0.25) is 0 Å². The van der Waals surface area contributed by atoms with Crippen LogP contribution in [0.1, 0.15) is 5.56 Å². The van der Waals surface area contributed by atoms with Gasteiger partial charge in [-0.25, -0.2) is 18.3 Å². The van der Waals surface area contributed by atoms with Gasteiger partial charge in [-0.15, -0.1) is 0 Å². The number of halogens is 3. The Morgan fingerprint density at radius 3 is 1.91 bits per heavy atom. The molecule has 0 unspecified atom stereocenters. The van der Waals surface area contributed by atoms with Crippen molar-refractivity contribution >= 4 is 0 Å². The normalized spacial score (nSPS) is 10.2. The van der Waals surface area contributed by atoms with Crippen molar-refractivity contribution in [2.24, 2.45) is 0 Å². The van der Waals surface area contributed by atoms with E-state index in [0.29, 0.717) is 12.1 Å². The van der Waals surface area contributed by atoms with Crippen LogP contribution in [0.4, 0.5) is 13.2 Å². The molecular formula is C7H4F3O. The standard InChI is InChI=1S/C7H4F3O/c8-4-1-6(9)5(3-11)7(10)2-4/h1-2H,3H2. The summed E-state index contributed by atoms with van der Waals surface area (Å²) in [6.07, 6.45) is 0. The summed E-state index contributed by atoms with van der Waals surface area (Å²) in [5, 5.41) is 10.1. The van der Waals surface area contributed by atoms with Crippen molar-refractivity contribution < 1.29 is 18.3 Å². The number of benzene rings is 1. The molecule has 1 nitrogen and oxygen atoms in total. The lowest BCUT2D eigenvalue weighted by Gasteiger charge is -1.98. The molecule has 11 heavy (non-hydrogen) atoms. The Morgan fingerprint density at radius 1 is 1.09 bits per heavy atom. The van der Waals surface area contributed by atoms with Gasteiger partial charge in [0.15, 0.2) is 0 Å². The molecule has 0 saturated heterocycles. The van der Waals surface area contributed by atoms with Crippen LogP contribution in [-0.4, -0.2) is 0 Å². The predicted molar refractivity (Wildman–Crippen MR) is 30.7 cm³/mol. The van der Waals surface area contributed by atoms with E-state index in [-0.39, 0.29) is 0 Å². The zero-order chi connectivity index (χ0) is 8.43. The van der Waals surface area contributed by atoms with Gasteiger partial charge in [0.25, 0.3) is 0 Å². The highest BCUT2D eigenvalue weighted by molar-refractivity contribution is 5.19. The molecule has 0 fully saturated rings. The van der Waals surface area contributed by atoms with Crippen LogP contribution < -0.4 is 0 Å². The van der Waals surface area contributed by atoms with E-state index in [1.165, 1.54) is 0 Å². The summed E-state index contributed by atoms with van der Waals surface area (Å²) < 4.78 is 37.0. The van der Waals surface area contributed by atoms with Gasteiger partial charge in [0, 0.05) is 12.1 Å². The fourth-order valence-electron chi connectivity index (χ4n) is 0.710. The summed E-state index contributed by atoms with van der Waals surface area (Å²) >= 11 is 0. The molecule has 0 aliphatic rings. The van der Waals surface area contributed by atoms with E-state index in [9.17, 15) is 18.3 Å². The van der Waals surface area contributed by atoms with Crippen molar-refractivity contribution in [3.63, 3.8) is 0 Å². The molecule has 1 aromatic carbocycles. The molecule has 0 saturated carbocycles. The minimum absolute atomic E-state index is 0.482. The van der Waals surface area contributed by atoms with Gasteiger partial charge in [0.05, 0.1) is 5.56 Å². The molecule has 0 atom stereocenters. The lowest BCUT2D eigenvalue weighted by molar-refractivity contribution is 0.169. The third-order valence-electron chi connectivity index (χ3n) is 1.25. The first-order chi connectivity index (χ1) is 5.15. The van der Waals surface area contributed by atoms with Crippen LogP contribution in [0.3, 0.4) is 0 Å². The third kappa shape index (κ3) is 1.51. The molecule has 1 aromatic rings. The zero-order valence-corrected chi connectivity index (χ0v) is 5.40. The summed E-state index contributed by atoms with van der Waals surface area (Å²) in [6, 6.07) is 0.965. The molecule has 1 rings (SSSR count). The van der Waals surface area contributed by atoms with Crippen LogP contribution >= 0.6 is 0 Å². The minimum Gasteiger partial charge on any atom is -0.231 e. The summed E-state index contributed by atoms with van der Waals surface area (Å²) in [7, 11) is 0. The van der Waals surface area contributed by atoms with Gasteiger partial charge in [-0.05, 0) is 0 Å². The topological polar surface area (TPSA) is 19.9 Å². The Hall–Kier alpha value is -1.03. The van der Waals surface area contributed by atoms with E-state index in [1.807, 2.05) is 0 Å². The molecule has 0 aliphatic heterocycles. The van der Waals surface area contributed by atoms with Crippen LogP contribution in [0.15, 0.2) is 12.1 Å². The lowest BCUT2D eigenvalue weighted by atomic mass is 10.2. The SMILES string of the molecule is [O]Cc1c(F)cc(F)cc1F. The van der Waals surface area contributed by atoms with Gasteiger partial charge >= 0.3 is 0 Å². The van der Waals surface area contributed by atoms with Crippen molar-refractivity contribution in [2.45, 2.75) is 6.61 Å². The smallest absolute Gasteiger partial charge is 0.134 e. The lowest BCUT2D eigenvalue weighted by Crippen LogP contribution is -1.95. The monoisotopic (exact) mass is 161 g/mol. The molecule has 0 amide bonds. The second-order valence-corrected chi connectivity index (χ2v) is 1.99. The van der Waals surface area contributed by atoms with Crippen molar-refractivity contribution in [2.75, 3.05) is 0 Å². The van der Waals surface area contributed by atoms with Gasteiger partial charge in [-0.2, -0.15) is 0 Å². The van der Waals surface area contributed by atoms with Crippen molar-refractivity contribution in [1.29, 1.82) is 0 Å². The summed E-state index contributed by atoms with van der Waals surface area (Å²) in [5.41, 5.74) is -0.619. The Bertz CT molecular complexity index is 249. The maximum atomic E-state index is 12.4. The number of rotatable bonds is 1. The first kappa shape index (κ1) is 8.07. The Kier molecular flexibility index (Phi) is 2.14. The molecule has 0 aromatic heterocycles. The molecule has 0 spiro atoms. The van der Waals surface area contributed by atoms with Gasteiger partial charge in [-0.3, -0.25) is 0 Å². The van der Waals surface area contributed by atoms with E-state index in [0.717, 1.165) is 0 Å². The highest BCUT2D eigenvalue weighted by Crippen LogP contribution is 2.14. The Morgan fingerprint density at radius 2 is 1.55 bits per heavy atom. The van der Waals surface area contributed by atoms with E-state index < -0.39 is 29.6 Å². The molecule has 0 aliphatic carbocycles. The quantitative estimate of drug-likeness (QED) is 0.600. The van der Waals surface area contributed by atoms with E-state index >= 15 is 0 Å². The van der Waals surface area contributed by atoms with E-state index in [2.05, 4.69) is 0 Å². The van der Waals surface area contributed by atoms with E-state index in [4.69, 9.17) is 0 Å². The average Bonchev–Trinajstić information content (AvgIpc) is 1.85. The second kappa shape index (κ2) is 2.92. The molecule has 59 valence electrons. The first-order valence-corrected chi connectivity index (χ1v) is 2.86. The van der Waals surface area contributed by atoms with Crippen LogP contribution in [0, 0.1) is 17.5 Å². The highest BCUT2D eigenvalue weighted by Gasteiger charge is 2.09. The zero-order valence-electron chi connectivity index (χ0n) is 5.40. The molecule has 1 radical (unpaired) electrons. The summed E-state index contributed by atoms with van der Waals surface area (Å²) in [4.78, 5) is 0. The Balaban J connectivity index is 3.25. The largest absolute Gasteiger partial charge is 0.231 e. The van der Waals surface area contributed by atoms with Gasteiger partial charge < -0.3 is 0 Å². The third-order valence-corrected chi connectivity index (χ3v) is 1.25. The molecule has 0 bridgehead atoms. The number of hydrogen-bond acceptors (Lipinski definition) is 0. The molecule has 0 heterocycles. The highest BCUT2D eigenvalue weighted by atomic mass is 19.1. The van der Waals surface area contributed by atoms with Gasteiger partial charge in [0.1, 0.15) is 24.1 Å². The predicted octanol–water partition coefficient (Wildman–Crippen LogP) is 2.03. The minimum atomic E-state index is -1.13.